The Morgan fingerprint density at radius 2 is 1.79 bits per heavy atom. The predicted molar refractivity (Wildman–Crippen MR) is 87.8 cm³/mol. The van der Waals surface area contributed by atoms with E-state index in [0.29, 0.717) is 11.3 Å². The lowest BCUT2D eigenvalue weighted by Gasteiger charge is -2.09. The molecule has 0 saturated heterocycles. The van der Waals surface area contributed by atoms with Gasteiger partial charge in [-0.05, 0) is 36.4 Å². The highest BCUT2D eigenvalue weighted by atomic mass is 32.2. The normalized spacial score (nSPS) is 11.2. The Balaban J connectivity index is 1.73. The molecule has 24 heavy (non-hydrogen) atoms. The molecule has 3 rings (SSSR count). The second kappa shape index (κ2) is 6.65. The van der Waals surface area contributed by atoms with Crippen LogP contribution in [0, 0.1) is 0 Å². The quantitative estimate of drug-likeness (QED) is 0.687. The molecule has 0 aliphatic carbocycles. The first-order valence-corrected chi connectivity index (χ1v) is 8.52. The van der Waals surface area contributed by atoms with Gasteiger partial charge in [0.25, 0.3) is 15.9 Å². The molecular formula is C16H14N4O3S. The van der Waals surface area contributed by atoms with Crippen molar-refractivity contribution in [2.24, 2.45) is 0 Å². The summed E-state index contributed by atoms with van der Waals surface area (Å²) in [6, 6.07) is 16.2. The summed E-state index contributed by atoms with van der Waals surface area (Å²) in [5.41, 5.74) is 3.20. The number of aromatic nitrogens is 2. The van der Waals surface area contributed by atoms with Crippen LogP contribution in [-0.4, -0.2) is 24.1 Å². The minimum Gasteiger partial charge on any atom is -0.273 e. The molecule has 2 aromatic carbocycles. The van der Waals surface area contributed by atoms with Crippen LogP contribution in [0.5, 0.6) is 0 Å². The first-order chi connectivity index (χ1) is 11.6. The van der Waals surface area contributed by atoms with Crippen molar-refractivity contribution in [2.45, 2.75) is 4.90 Å². The molecule has 0 spiro atoms. The molecular weight excluding hydrogens is 328 g/mol. The Labute approximate surface area is 139 Å². The summed E-state index contributed by atoms with van der Waals surface area (Å²) in [6.45, 7) is 0. The third kappa shape index (κ3) is 3.50. The van der Waals surface area contributed by atoms with Crippen molar-refractivity contribution in [3.05, 3.63) is 78.6 Å². The molecule has 0 bridgehead atoms. The highest BCUT2D eigenvalue weighted by Gasteiger charge is 2.15. The van der Waals surface area contributed by atoms with Crippen LogP contribution in [0.15, 0.2) is 78.0 Å². The summed E-state index contributed by atoms with van der Waals surface area (Å²) in [6.07, 6.45) is 3.37. The average Bonchev–Trinajstić information content (AvgIpc) is 3.15. The summed E-state index contributed by atoms with van der Waals surface area (Å²) in [7, 11) is -3.82. The van der Waals surface area contributed by atoms with E-state index >= 15 is 0 Å². The van der Waals surface area contributed by atoms with Gasteiger partial charge in [0.15, 0.2) is 0 Å². The Morgan fingerprint density at radius 1 is 1.00 bits per heavy atom. The van der Waals surface area contributed by atoms with Crippen molar-refractivity contribution < 1.29 is 13.2 Å². The Hall–Kier alpha value is -2.97. The van der Waals surface area contributed by atoms with Crippen LogP contribution < -0.4 is 10.3 Å². The van der Waals surface area contributed by atoms with E-state index in [4.69, 9.17) is 0 Å². The fraction of sp³-hybridized carbons (Fsp3) is 0. The highest BCUT2D eigenvalue weighted by Crippen LogP contribution is 2.10. The Kier molecular flexibility index (Phi) is 4.41. The van der Waals surface area contributed by atoms with E-state index in [1.54, 1.807) is 65.6 Å². The molecule has 122 valence electrons. The van der Waals surface area contributed by atoms with Gasteiger partial charge in [0.05, 0.1) is 10.6 Å². The van der Waals surface area contributed by atoms with E-state index < -0.39 is 15.9 Å². The maximum atomic E-state index is 12.2. The van der Waals surface area contributed by atoms with Crippen LogP contribution in [0.3, 0.4) is 0 Å². The van der Waals surface area contributed by atoms with E-state index in [0.717, 1.165) is 0 Å². The summed E-state index contributed by atoms with van der Waals surface area (Å²) >= 11 is 0. The number of hydrogen-bond donors (Lipinski definition) is 2. The lowest BCUT2D eigenvalue weighted by atomic mass is 10.2. The summed E-state index contributed by atoms with van der Waals surface area (Å²) in [5.74, 6) is -0.566. The average molecular weight is 342 g/mol. The van der Waals surface area contributed by atoms with Crippen LogP contribution in [0.25, 0.3) is 5.69 Å². The van der Waals surface area contributed by atoms with Gasteiger partial charge in [-0.2, -0.15) is 5.10 Å². The molecule has 0 saturated carbocycles. The van der Waals surface area contributed by atoms with Crippen LogP contribution in [0.1, 0.15) is 10.4 Å². The molecule has 1 aromatic heterocycles. The first kappa shape index (κ1) is 15.9. The molecule has 0 fully saturated rings. The number of carbonyl (C=O) groups excluding carboxylic acids is 1. The fourth-order valence-corrected chi connectivity index (χ4v) is 2.92. The SMILES string of the molecule is O=C(NNS(=O)(=O)c1ccccc1)c1cccc(-n2cccn2)c1. The van der Waals surface area contributed by atoms with E-state index in [1.807, 2.05) is 0 Å². The van der Waals surface area contributed by atoms with Crippen molar-refractivity contribution in [3.8, 4) is 5.69 Å². The number of nitrogens with one attached hydrogen (secondary N) is 2. The van der Waals surface area contributed by atoms with Gasteiger partial charge in [0, 0.05) is 18.0 Å². The van der Waals surface area contributed by atoms with Crippen molar-refractivity contribution >= 4 is 15.9 Å². The largest absolute Gasteiger partial charge is 0.273 e. The Morgan fingerprint density at radius 3 is 2.50 bits per heavy atom. The number of hydrogen-bond acceptors (Lipinski definition) is 4. The molecule has 0 aliphatic rings. The molecule has 0 atom stereocenters. The van der Waals surface area contributed by atoms with Gasteiger partial charge in [-0.15, -0.1) is 4.83 Å². The summed E-state index contributed by atoms with van der Waals surface area (Å²) in [5, 5.41) is 4.09. The highest BCUT2D eigenvalue weighted by molar-refractivity contribution is 7.89. The maximum absolute atomic E-state index is 12.2. The van der Waals surface area contributed by atoms with Crippen molar-refractivity contribution in [3.63, 3.8) is 0 Å². The van der Waals surface area contributed by atoms with Gasteiger partial charge in [-0.3, -0.25) is 10.2 Å². The van der Waals surface area contributed by atoms with Crippen LogP contribution >= 0.6 is 0 Å². The van der Waals surface area contributed by atoms with Crippen LogP contribution in [0.4, 0.5) is 0 Å². The summed E-state index contributed by atoms with van der Waals surface area (Å²) < 4.78 is 25.8. The minimum absolute atomic E-state index is 0.0654. The number of sulfonamides is 1. The molecule has 1 heterocycles. The lowest BCUT2D eigenvalue weighted by Crippen LogP contribution is -2.41. The number of nitrogens with zero attached hydrogens (tertiary/aromatic N) is 2. The lowest BCUT2D eigenvalue weighted by molar-refractivity contribution is 0.0945. The Bertz CT molecular complexity index is 938. The van der Waals surface area contributed by atoms with Gasteiger partial charge in [-0.25, -0.2) is 13.1 Å². The third-order valence-corrected chi connectivity index (χ3v) is 4.49. The second-order valence-electron chi connectivity index (χ2n) is 4.87. The third-order valence-electron chi connectivity index (χ3n) is 3.23. The molecule has 1 amide bonds. The van der Waals surface area contributed by atoms with Gasteiger partial charge >= 0.3 is 0 Å². The molecule has 2 N–H and O–H groups in total. The fourth-order valence-electron chi connectivity index (χ4n) is 2.06. The van der Waals surface area contributed by atoms with Gasteiger partial charge in [0.2, 0.25) is 0 Å². The molecule has 7 nitrogen and oxygen atoms in total. The number of amides is 1. The first-order valence-electron chi connectivity index (χ1n) is 7.03. The number of benzene rings is 2. The van der Waals surface area contributed by atoms with Crippen molar-refractivity contribution in [2.75, 3.05) is 0 Å². The molecule has 0 radical (unpaired) electrons. The van der Waals surface area contributed by atoms with E-state index in [-0.39, 0.29) is 4.90 Å². The van der Waals surface area contributed by atoms with E-state index in [9.17, 15) is 13.2 Å². The standard InChI is InChI=1S/C16H14N4O3S/c21-16(18-19-24(22,23)15-8-2-1-3-9-15)13-6-4-7-14(12-13)20-11-5-10-17-20/h1-12,19H,(H,18,21). The van der Waals surface area contributed by atoms with Crippen LogP contribution in [-0.2, 0) is 10.0 Å². The molecule has 3 aromatic rings. The zero-order valence-corrected chi connectivity index (χ0v) is 13.3. The monoisotopic (exact) mass is 342 g/mol. The van der Waals surface area contributed by atoms with Gasteiger partial charge < -0.3 is 0 Å². The summed E-state index contributed by atoms with van der Waals surface area (Å²) in [4.78, 5) is 14.3. The van der Waals surface area contributed by atoms with E-state index in [1.165, 1.54) is 12.1 Å². The van der Waals surface area contributed by atoms with Gasteiger partial charge in [-0.1, -0.05) is 24.3 Å². The molecule has 8 heteroatoms. The predicted octanol–water partition coefficient (Wildman–Crippen LogP) is 1.50. The second-order valence-corrected chi connectivity index (χ2v) is 6.56. The molecule has 0 unspecified atom stereocenters. The number of hydrazine groups is 1. The minimum atomic E-state index is -3.82. The van der Waals surface area contributed by atoms with Gasteiger partial charge in [0.1, 0.15) is 0 Å². The molecule has 0 aliphatic heterocycles. The van der Waals surface area contributed by atoms with E-state index in [2.05, 4.69) is 15.4 Å². The topological polar surface area (TPSA) is 93.1 Å². The zero-order valence-electron chi connectivity index (χ0n) is 12.5. The van der Waals surface area contributed by atoms with Crippen molar-refractivity contribution in [1.82, 2.24) is 20.0 Å². The zero-order chi connectivity index (χ0) is 17.0. The maximum Gasteiger partial charge on any atom is 0.266 e. The number of rotatable bonds is 5. The number of carbonyl (C=O) groups is 1. The smallest absolute Gasteiger partial charge is 0.266 e. The van der Waals surface area contributed by atoms with Crippen LogP contribution in [0.2, 0.25) is 0 Å². The van der Waals surface area contributed by atoms with Crippen molar-refractivity contribution in [1.29, 1.82) is 0 Å².